The number of aliphatic hydroxyl groups is 2. The van der Waals surface area contributed by atoms with Crippen molar-refractivity contribution in [2.24, 2.45) is 0 Å². The second kappa shape index (κ2) is 17.8. The summed E-state index contributed by atoms with van der Waals surface area (Å²) in [5.41, 5.74) is 4.02. The van der Waals surface area contributed by atoms with E-state index in [1.165, 1.54) is 24.8 Å². The van der Waals surface area contributed by atoms with Gasteiger partial charge in [0.05, 0.1) is 0 Å². The number of pyridine rings is 2. The maximum Gasteiger partial charge on any atom is 0.288 e. The minimum Gasteiger partial charge on any atom is -0.353 e. The van der Waals surface area contributed by atoms with Crippen LogP contribution in [0.25, 0.3) is 22.5 Å². The van der Waals surface area contributed by atoms with Crippen molar-refractivity contribution in [3.8, 4) is 22.5 Å². The molecule has 0 aliphatic heterocycles. The second-order valence-electron chi connectivity index (χ2n) is 7.80. The van der Waals surface area contributed by atoms with Crippen LogP contribution in [-0.2, 0) is 47.9 Å². The van der Waals surface area contributed by atoms with Crippen LogP contribution in [0.2, 0.25) is 0 Å². The van der Waals surface area contributed by atoms with Gasteiger partial charge >= 0.3 is 0 Å². The quantitative estimate of drug-likeness (QED) is 0.196. The molecule has 0 bridgehead atoms. The van der Waals surface area contributed by atoms with E-state index < -0.39 is 5.79 Å². The summed E-state index contributed by atoms with van der Waals surface area (Å²) in [6, 6.07) is 36.8. The molecule has 2 N–H and O–H groups in total. The molecule has 6 aromatic rings. The zero-order valence-electron chi connectivity index (χ0n) is 21.4. The molecule has 0 fully saturated rings. The van der Waals surface area contributed by atoms with Gasteiger partial charge in [0.2, 0.25) is 0 Å². The monoisotopic (exact) mass is 902 g/mol. The van der Waals surface area contributed by atoms with Crippen molar-refractivity contribution in [1.82, 2.24) is 29.9 Å². The minimum absolute atomic E-state index is 0. The Morgan fingerprint density at radius 3 is 1.12 bits per heavy atom. The van der Waals surface area contributed by atoms with E-state index in [1.807, 2.05) is 84.9 Å². The van der Waals surface area contributed by atoms with Gasteiger partial charge in [-0.05, 0) is 35.7 Å². The standard InChI is InChI=1S/2C11H8N.C9H8N4O2.2Pt/c2*1-2-6-10(7-3-1)11-8-4-5-9-12-11;14-9(15,7-10-3-1-4-11-7)8-12-5-2-6-13-8;;/h2*1-6,8-9H;1-6,14-15H;;/q2*-1;;;. The molecule has 0 spiro atoms. The molecular weight excluding hydrogens is 879 g/mol. The molecule has 0 aliphatic carbocycles. The van der Waals surface area contributed by atoms with E-state index in [4.69, 9.17) is 0 Å². The number of hydrogen-bond donors (Lipinski definition) is 2. The Bertz CT molecular complexity index is 1310. The van der Waals surface area contributed by atoms with Gasteiger partial charge in [-0.2, -0.15) is 0 Å². The van der Waals surface area contributed by atoms with E-state index in [2.05, 4.69) is 42.0 Å². The summed E-state index contributed by atoms with van der Waals surface area (Å²) in [4.78, 5) is 23.4. The summed E-state index contributed by atoms with van der Waals surface area (Å²) in [5, 5.41) is 19.5. The van der Waals surface area contributed by atoms with Crippen molar-refractivity contribution in [2.45, 2.75) is 5.79 Å². The summed E-state index contributed by atoms with van der Waals surface area (Å²) in [6.45, 7) is 0. The van der Waals surface area contributed by atoms with Gasteiger partial charge in [0.15, 0.2) is 11.6 Å². The van der Waals surface area contributed by atoms with Crippen LogP contribution in [-0.4, -0.2) is 40.1 Å². The first kappa shape index (κ1) is 33.4. The third-order valence-electron chi connectivity index (χ3n) is 5.05. The van der Waals surface area contributed by atoms with E-state index in [1.54, 1.807) is 24.5 Å². The van der Waals surface area contributed by atoms with Gasteiger partial charge in [0, 0.05) is 79.3 Å². The molecule has 0 saturated heterocycles. The third kappa shape index (κ3) is 10.3. The van der Waals surface area contributed by atoms with Gasteiger partial charge in [-0.15, -0.1) is 71.8 Å². The fraction of sp³-hybridized carbons (Fsp3) is 0.0323. The number of benzene rings is 2. The van der Waals surface area contributed by atoms with Gasteiger partial charge in [-0.3, -0.25) is 0 Å². The molecule has 10 heteroatoms. The van der Waals surface area contributed by atoms with Crippen LogP contribution >= 0.6 is 0 Å². The largest absolute Gasteiger partial charge is 0.353 e. The summed E-state index contributed by atoms with van der Waals surface area (Å²) in [7, 11) is 0. The summed E-state index contributed by atoms with van der Waals surface area (Å²) >= 11 is 0. The molecule has 0 unspecified atom stereocenters. The van der Waals surface area contributed by atoms with E-state index in [9.17, 15) is 10.2 Å². The molecule has 4 heterocycles. The Labute approximate surface area is 267 Å². The Morgan fingerprint density at radius 2 is 0.805 bits per heavy atom. The Balaban J connectivity index is 0.000000212. The van der Waals surface area contributed by atoms with Crippen LogP contribution in [0.15, 0.2) is 134 Å². The average Bonchev–Trinajstić information content (AvgIpc) is 3.04. The molecule has 0 saturated carbocycles. The van der Waals surface area contributed by atoms with Gasteiger partial charge in [0.1, 0.15) is 0 Å². The van der Waals surface area contributed by atoms with Crippen molar-refractivity contribution in [2.75, 3.05) is 0 Å². The number of rotatable bonds is 4. The van der Waals surface area contributed by atoms with Crippen molar-refractivity contribution in [1.29, 1.82) is 0 Å². The van der Waals surface area contributed by atoms with Crippen LogP contribution in [0.1, 0.15) is 11.6 Å². The molecule has 41 heavy (non-hydrogen) atoms. The Morgan fingerprint density at radius 1 is 0.439 bits per heavy atom. The zero-order chi connectivity index (χ0) is 27.2. The predicted octanol–water partition coefficient (Wildman–Crippen LogP) is 4.54. The zero-order valence-corrected chi connectivity index (χ0v) is 26.0. The summed E-state index contributed by atoms with van der Waals surface area (Å²) in [5.74, 6) is -2.67. The van der Waals surface area contributed by atoms with Crippen LogP contribution in [0.4, 0.5) is 0 Å². The fourth-order valence-corrected chi connectivity index (χ4v) is 3.21. The van der Waals surface area contributed by atoms with Crippen LogP contribution in [0.3, 0.4) is 0 Å². The minimum atomic E-state index is -2.36. The molecular formula is C31H24N6O2Pt2-2. The Hall–Kier alpha value is -3.80. The van der Waals surface area contributed by atoms with Crippen LogP contribution in [0.5, 0.6) is 0 Å². The summed E-state index contributed by atoms with van der Waals surface area (Å²) < 4.78 is 0. The Kier molecular flexibility index (Phi) is 14.5. The molecule has 4 aromatic heterocycles. The molecule has 0 atom stereocenters. The SMILES string of the molecule is OC(O)(c1ncccn1)c1ncccn1.[Pt].[Pt].[c-]1ccccc1-c1ccccn1.[c-]1ccccc1-c1ccccn1. The van der Waals surface area contributed by atoms with Crippen molar-refractivity contribution in [3.63, 3.8) is 0 Å². The molecule has 8 nitrogen and oxygen atoms in total. The predicted molar refractivity (Wildman–Crippen MR) is 146 cm³/mol. The fourth-order valence-electron chi connectivity index (χ4n) is 3.21. The molecule has 2 aromatic carbocycles. The van der Waals surface area contributed by atoms with E-state index in [0.717, 1.165) is 22.5 Å². The van der Waals surface area contributed by atoms with Gasteiger partial charge in [-0.1, -0.05) is 24.3 Å². The smallest absolute Gasteiger partial charge is 0.288 e. The molecule has 212 valence electrons. The van der Waals surface area contributed by atoms with E-state index in [-0.39, 0.29) is 53.8 Å². The van der Waals surface area contributed by atoms with Gasteiger partial charge in [0.25, 0.3) is 5.79 Å². The van der Waals surface area contributed by atoms with Crippen molar-refractivity contribution in [3.05, 3.63) is 158 Å². The average molecular weight is 903 g/mol. The number of hydrogen-bond acceptors (Lipinski definition) is 8. The maximum absolute atomic E-state index is 9.76. The van der Waals surface area contributed by atoms with E-state index in [0.29, 0.717) is 0 Å². The molecule has 6 rings (SSSR count). The molecule has 0 radical (unpaired) electrons. The number of nitrogens with zero attached hydrogens (tertiary/aromatic N) is 6. The van der Waals surface area contributed by atoms with Crippen LogP contribution < -0.4 is 0 Å². The van der Waals surface area contributed by atoms with Crippen molar-refractivity contribution >= 4 is 0 Å². The molecule has 0 amide bonds. The van der Waals surface area contributed by atoms with Gasteiger partial charge < -0.3 is 20.2 Å². The first-order valence-electron chi connectivity index (χ1n) is 11.9. The topological polar surface area (TPSA) is 118 Å². The van der Waals surface area contributed by atoms with Gasteiger partial charge in [-0.25, -0.2) is 19.9 Å². The normalized spacial score (nSPS) is 9.80. The second-order valence-corrected chi connectivity index (χ2v) is 7.80. The van der Waals surface area contributed by atoms with E-state index >= 15 is 0 Å². The first-order valence-corrected chi connectivity index (χ1v) is 11.9. The first-order chi connectivity index (χ1) is 19.1. The molecule has 0 aliphatic rings. The number of aromatic nitrogens is 6. The van der Waals surface area contributed by atoms with Crippen molar-refractivity contribution < 1.29 is 52.3 Å². The maximum atomic E-state index is 9.76. The third-order valence-corrected chi connectivity index (χ3v) is 5.05. The summed E-state index contributed by atoms with van der Waals surface area (Å²) in [6.07, 6.45) is 9.21. The van der Waals surface area contributed by atoms with Crippen LogP contribution in [0, 0.1) is 12.1 Å².